The van der Waals surface area contributed by atoms with Crippen molar-refractivity contribution in [1.82, 2.24) is 4.98 Å². The van der Waals surface area contributed by atoms with Crippen molar-refractivity contribution >= 4 is 43.9 Å². The summed E-state index contributed by atoms with van der Waals surface area (Å²) in [6.45, 7) is 2.00. The van der Waals surface area contributed by atoms with Crippen LogP contribution in [-0.4, -0.2) is 32.2 Å². The molecule has 0 fully saturated rings. The summed E-state index contributed by atoms with van der Waals surface area (Å²) in [5.41, 5.74) is 2.27. The van der Waals surface area contributed by atoms with Crippen LogP contribution in [0.5, 0.6) is 11.5 Å². The van der Waals surface area contributed by atoms with Crippen molar-refractivity contribution in [3.63, 3.8) is 0 Å². The third-order valence-corrected chi connectivity index (χ3v) is 6.06. The molecule has 4 aromatic rings. The Hall–Kier alpha value is -3.32. The number of nitrogens with one attached hydrogen (secondary N) is 1. The first-order valence-corrected chi connectivity index (χ1v) is 9.81. The molecule has 29 heavy (non-hydrogen) atoms. The van der Waals surface area contributed by atoms with Crippen molar-refractivity contribution in [3.05, 3.63) is 63.3 Å². The predicted octanol–water partition coefficient (Wildman–Crippen LogP) is 4.35. The predicted molar refractivity (Wildman–Crippen MR) is 117 cm³/mol. The van der Waals surface area contributed by atoms with Gasteiger partial charge in [-0.15, -0.1) is 11.3 Å². The molecular formula is C22H20N2O4S. The fourth-order valence-corrected chi connectivity index (χ4v) is 4.51. The summed E-state index contributed by atoms with van der Waals surface area (Å²) in [6.07, 6.45) is 0. The first-order valence-electron chi connectivity index (χ1n) is 8.99. The van der Waals surface area contributed by atoms with E-state index in [9.17, 15) is 9.59 Å². The molecule has 0 saturated carbocycles. The molecule has 0 unspecified atom stereocenters. The summed E-state index contributed by atoms with van der Waals surface area (Å²) in [7, 11) is 4.80. The van der Waals surface area contributed by atoms with Crippen LogP contribution in [0, 0.1) is 6.92 Å². The van der Waals surface area contributed by atoms with Gasteiger partial charge in [-0.1, -0.05) is 11.6 Å². The van der Waals surface area contributed by atoms with Crippen molar-refractivity contribution < 1.29 is 14.3 Å². The fourth-order valence-electron chi connectivity index (χ4n) is 3.35. The van der Waals surface area contributed by atoms with Gasteiger partial charge in [0.1, 0.15) is 11.5 Å². The Balaban J connectivity index is 1.81. The molecule has 6 nitrogen and oxygen atoms in total. The van der Waals surface area contributed by atoms with E-state index in [2.05, 4.69) is 4.98 Å². The van der Waals surface area contributed by atoms with Crippen molar-refractivity contribution in [2.45, 2.75) is 6.92 Å². The lowest BCUT2D eigenvalue weighted by molar-refractivity contribution is 0.0996. The number of carbonyl (C=O) groups is 1. The summed E-state index contributed by atoms with van der Waals surface area (Å²) in [4.78, 5) is 30.6. The van der Waals surface area contributed by atoms with Gasteiger partial charge >= 0.3 is 0 Å². The number of aryl methyl sites for hydroxylation is 1. The van der Waals surface area contributed by atoms with Crippen LogP contribution in [0.3, 0.4) is 0 Å². The molecule has 4 rings (SSSR count). The number of amides is 1. The van der Waals surface area contributed by atoms with Gasteiger partial charge in [-0.2, -0.15) is 0 Å². The maximum Gasteiger partial charge on any atom is 0.268 e. The number of hydrogen-bond acceptors (Lipinski definition) is 5. The van der Waals surface area contributed by atoms with Gasteiger partial charge < -0.3 is 19.4 Å². The van der Waals surface area contributed by atoms with Crippen LogP contribution in [0.25, 0.3) is 21.0 Å². The molecule has 0 radical (unpaired) electrons. The van der Waals surface area contributed by atoms with Gasteiger partial charge in [0.15, 0.2) is 0 Å². The molecule has 1 amide bonds. The number of carbonyl (C=O) groups excluding carboxylic acids is 1. The second-order valence-electron chi connectivity index (χ2n) is 6.76. The van der Waals surface area contributed by atoms with Gasteiger partial charge in [-0.05, 0) is 37.3 Å². The summed E-state index contributed by atoms with van der Waals surface area (Å²) < 4.78 is 11.4. The summed E-state index contributed by atoms with van der Waals surface area (Å²) in [5, 5.41) is 1.46. The molecule has 0 aliphatic rings. The second kappa shape index (κ2) is 7.25. The van der Waals surface area contributed by atoms with Crippen LogP contribution in [0.1, 0.15) is 15.2 Å². The van der Waals surface area contributed by atoms with Crippen LogP contribution in [0.4, 0.5) is 5.69 Å². The molecule has 0 aliphatic carbocycles. The van der Waals surface area contributed by atoms with E-state index in [0.29, 0.717) is 27.4 Å². The molecule has 7 heteroatoms. The molecule has 148 valence electrons. The highest BCUT2D eigenvalue weighted by molar-refractivity contribution is 7.21. The maximum absolute atomic E-state index is 13.2. The molecule has 0 spiro atoms. The fraction of sp³-hybridized carbons (Fsp3) is 0.182. The van der Waals surface area contributed by atoms with Gasteiger partial charge in [0, 0.05) is 28.7 Å². The van der Waals surface area contributed by atoms with Gasteiger partial charge in [-0.25, -0.2) is 0 Å². The first kappa shape index (κ1) is 19.0. The second-order valence-corrected chi connectivity index (χ2v) is 7.81. The van der Waals surface area contributed by atoms with Crippen molar-refractivity contribution in [2.75, 3.05) is 26.2 Å². The topological polar surface area (TPSA) is 71.6 Å². The van der Waals surface area contributed by atoms with Crippen LogP contribution in [0.15, 0.2) is 47.3 Å². The molecular weight excluding hydrogens is 388 g/mol. The number of rotatable bonds is 4. The third kappa shape index (κ3) is 3.23. The van der Waals surface area contributed by atoms with E-state index >= 15 is 0 Å². The number of nitrogens with zero attached hydrogens (tertiary/aromatic N) is 1. The number of pyridine rings is 1. The molecule has 2 aromatic heterocycles. The Morgan fingerprint density at radius 3 is 2.55 bits per heavy atom. The third-order valence-electron chi connectivity index (χ3n) is 4.91. The van der Waals surface area contributed by atoms with Crippen LogP contribution < -0.4 is 19.9 Å². The van der Waals surface area contributed by atoms with Crippen LogP contribution in [-0.2, 0) is 0 Å². The number of anilines is 1. The average Bonchev–Trinajstić information content (AvgIpc) is 3.19. The lowest BCUT2D eigenvalue weighted by Crippen LogP contribution is -2.25. The van der Waals surface area contributed by atoms with E-state index in [-0.39, 0.29) is 11.5 Å². The zero-order chi connectivity index (χ0) is 20.7. The number of aromatic nitrogens is 1. The molecule has 2 aromatic carbocycles. The zero-order valence-electron chi connectivity index (χ0n) is 16.5. The standard InChI is InChI=1S/C22H20N2O4S/c1-12-5-7-16-14(9-12)20-15(21(25)23-16)11-19(29-20)22(26)24(2)17-8-6-13(27-3)10-18(17)28-4/h5-11H,1-4H3,(H,23,25). The maximum atomic E-state index is 13.2. The monoisotopic (exact) mass is 408 g/mol. The minimum Gasteiger partial charge on any atom is -0.497 e. The van der Waals surface area contributed by atoms with Crippen LogP contribution >= 0.6 is 11.3 Å². The van der Waals surface area contributed by atoms with E-state index in [4.69, 9.17) is 9.47 Å². The van der Waals surface area contributed by atoms with Gasteiger partial charge in [0.25, 0.3) is 11.5 Å². The Labute approximate surface area is 171 Å². The van der Waals surface area contributed by atoms with Crippen molar-refractivity contribution in [2.24, 2.45) is 0 Å². The van der Waals surface area contributed by atoms with E-state index in [1.54, 1.807) is 45.5 Å². The normalized spacial score (nSPS) is 11.0. The number of fused-ring (bicyclic) bond motifs is 3. The minimum atomic E-state index is -0.213. The Bertz CT molecular complexity index is 1310. The lowest BCUT2D eigenvalue weighted by Gasteiger charge is -2.19. The largest absolute Gasteiger partial charge is 0.497 e. The van der Waals surface area contributed by atoms with Crippen LogP contribution in [0.2, 0.25) is 0 Å². The number of benzene rings is 2. The quantitative estimate of drug-likeness (QED) is 0.545. The number of ether oxygens (including phenoxy) is 2. The van der Waals surface area contributed by atoms with Gasteiger partial charge in [0.2, 0.25) is 0 Å². The van der Waals surface area contributed by atoms with Crippen molar-refractivity contribution in [3.8, 4) is 11.5 Å². The van der Waals surface area contributed by atoms with Gasteiger partial charge in [0.05, 0.1) is 30.2 Å². The Kier molecular flexibility index (Phi) is 4.76. The number of methoxy groups -OCH3 is 2. The van der Waals surface area contributed by atoms with Crippen molar-refractivity contribution in [1.29, 1.82) is 0 Å². The van der Waals surface area contributed by atoms with Gasteiger partial charge in [-0.3, -0.25) is 9.59 Å². The lowest BCUT2D eigenvalue weighted by atomic mass is 10.1. The number of aromatic amines is 1. The highest BCUT2D eigenvalue weighted by atomic mass is 32.1. The summed E-state index contributed by atoms with van der Waals surface area (Å²) in [6, 6.07) is 12.8. The molecule has 0 atom stereocenters. The van der Waals surface area contributed by atoms with E-state index in [1.807, 2.05) is 25.1 Å². The Morgan fingerprint density at radius 2 is 1.83 bits per heavy atom. The SMILES string of the molecule is COc1ccc(N(C)C(=O)c2cc3c(=O)[nH]c4ccc(C)cc4c3s2)c(OC)c1. The molecule has 1 N–H and O–H groups in total. The van der Waals surface area contributed by atoms with E-state index in [1.165, 1.54) is 16.2 Å². The number of H-pyrrole nitrogens is 1. The zero-order valence-corrected chi connectivity index (χ0v) is 17.3. The number of thiophene rings is 1. The highest BCUT2D eigenvalue weighted by Gasteiger charge is 2.21. The van der Waals surface area contributed by atoms with E-state index in [0.717, 1.165) is 21.2 Å². The summed E-state index contributed by atoms with van der Waals surface area (Å²) in [5.74, 6) is 0.955. The smallest absolute Gasteiger partial charge is 0.268 e. The average molecular weight is 408 g/mol. The molecule has 0 aliphatic heterocycles. The first-order chi connectivity index (χ1) is 13.9. The Morgan fingerprint density at radius 1 is 1.03 bits per heavy atom. The minimum absolute atomic E-state index is 0.198. The van der Waals surface area contributed by atoms with E-state index < -0.39 is 0 Å². The summed E-state index contributed by atoms with van der Waals surface area (Å²) >= 11 is 1.33. The highest BCUT2D eigenvalue weighted by Crippen LogP contribution is 2.35. The molecule has 0 bridgehead atoms. The number of hydrogen-bond donors (Lipinski definition) is 1. The molecule has 2 heterocycles. The molecule has 0 saturated heterocycles.